The first-order valence-corrected chi connectivity index (χ1v) is 6.95. The zero-order valence-electron chi connectivity index (χ0n) is 12.9. The summed E-state index contributed by atoms with van der Waals surface area (Å²) in [5.41, 5.74) is -0.119. The molecule has 0 fully saturated rings. The molecule has 0 saturated carbocycles. The van der Waals surface area contributed by atoms with Gasteiger partial charge in [0.25, 0.3) is 0 Å². The zero-order chi connectivity index (χ0) is 16.0. The number of benzene rings is 1. The average Bonchev–Trinajstić information content (AvgIpc) is 2.42. The van der Waals surface area contributed by atoms with E-state index in [1.165, 1.54) is 6.07 Å². The van der Waals surface area contributed by atoms with Gasteiger partial charge in [0.05, 0.1) is 6.04 Å². The lowest BCUT2D eigenvalue weighted by molar-refractivity contribution is -0.123. The number of Topliss-reactive ketones (excluding diaryl/α,β-unsaturated/α-hetero) is 1. The number of hydrogen-bond donors (Lipinski definition) is 1. The van der Waals surface area contributed by atoms with E-state index >= 15 is 0 Å². The van der Waals surface area contributed by atoms with E-state index in [9.17, 15) is 14.0 Å². The van der Waals surface area contributed by atoms with Crippen LogP contribution in [-0.2, 0) is 16.1 Å². The first-order chi connectivity index (χ1) is 9.75. The molecule has 21 heavy (non-hydrogen) atoms. The van der Waals surface area contributed by atoms with Crippen LogP contribution in [0.25, 0.3) is 0 Å². The Balaban J connectivity index is 2.63. The molecule has 1 atom stereocenters. The van der Waals surface area contributed by atoms with Crippen LogP contribution in [0.4, 0.5) is 9.18 Å². The lowest BCUT2D eigenvalue weighted by atomic mass is 9.83. The Bertz CT molecular complexity index is 508. The van der Waals surface area contributed by atoms with E-state index in [0.29, 0.717) is 12.0 Å². The molecule has 0 aliphatic heterocycles. The van der Waals surface area contributed by atoms with Gasteiger partial charge in [0.2, 0.25) is 0 Å². The Morgan fingerprint density at radius 1 is 1.29 bits per heavy atom. The maximum absolute atomic E-state index is 13.4. The molecule has 5 heteroatoms. The van der Waals surface area contributed by atoms with Crippen molar-refractivity contribution in [2.75, 3.05) is 0 Å². The van der Waals surface area contributed by atoms with Gasteiger partial charge in [-0.05, 0) is 11.5 Å². The monoisotopic (exact) mass is 295 g/mol. The smallest absolute Gasteiger partial charge is 0.408 e. The van der Waals surface area contributed by atoms with E-state index in [1.807, 2.05) is 20.8 Å². The summed E-state index contributed by atoms with van der Waals surface area (Å²) < 4.78 is 18.4. The molecule has 0 bridgehead atoms. The fourth-order valence-electron chi connectivity index (χ4n) is 1.90. The van der Waals surface area contributed by atoms with Gasteiger partial charge in [-0.15, -0.1) is 0 Å². The van der Waals surface area contributed by atoms with Crippen molar-refractivity contribution in [2.45, 2.75) is 46.8 Å². The highest BCUT2D eigenvalue weighted by Gasteiger charge is 2.31. The third kappa shape index (κ3) is 5.17. The van der Waals surface area contributed by atoms with E-state index < -0.39 is 23.4 Å². The van der Waals surface area contributed by atoms with Gasteiger partial charge in [-0.1, -0.05) is 45.9 Å². The molecule has 0 aromatic heterocycles. The van der Waals surface area contributed by atoms with Gasteiger partial charge in [0.15, 0.2) is 5.78 Å². The van der Waals surface area contributed by atoms with Crippen molar-refractivity contribution in [3.8, 4) is 0 Å². The first kappa shape index (κ1) is 17.1. The molecule has 0 saturated heterocycles. The topological polar surface area (TPSA) is 55.4 Å². The molecule has 0 aliphatic carbocycles. The quantitative estimate of drug-likeness (QED) is 0.905. The predicted octanol–water partition coefficient (Wildman–Crippen LogP) is 3.45. The van der Waals surface area contributed by atoms with Crippen molar-refractivity contribution in [1.29, 1.82) is 0 Å². The minimum atomic E-state index is -0.722. The van der Waals surface area contributed by atoms with Crippen molar-refractivity contribution in [2.24, 2.45) is 5.41 Å². The minimum Gasteiger partial charge on any atom is -0.445 e. The molecule has 116 valence electrons. The molecule has 4 nitrogen and oxygen atoms in total. The maximum Gasteiger partial charge on any atom is 0.408 e. The van der Waals surface area contributed by atoms with Crippen molar-refractivity contribution in [1.82, 2.24) is 5.32 Å². The molecule has 1 aromatic carbocycles. The van der Waals surface area contributed by atoms with Crippen LogP contribution in [0.2, 0.25) is 0 Å². The summed E-state index contributed by atoms with van der Waals surface area (Å²) in [5.74, 6) is -0.493. The van der Waals surface area contributed by atoms with E-state index in [0.717, 1.165) is 0 Å². The van der Waals surface area contributed by atoms with Gasteiger partial charge in [0.1, 0.15) is 12.4 Å². The van der Waals surface area contributed by atoms with Crippen LogP contribution in [0.5, 0.6) is 0 Å². The van der Waals surface area contributed by atoms with Gasteiger partial charge in [-0.2, -0.15) is 0 Å². The summed E-state index contributed by atoms with van der Waals surface area (Å²) in [6, 6.07) is 5.44. The average molecular weight is 295 g/mol. The molecule has 1 aromatic rings. The fourth-order valence-corrected chi connectivity index (χ4v) is 1.90. The Kier molecular flexibility index (Phi) is 5.88. The molecule has 1 unspecified atom stereocenters. The van der Waals surface area contributed by atoms with Crippen LogP contribution < -0.4 is 5.32 Å². The lowest BCUT2D eigenvalue weighted by Crippen LogP contribution is -2.49. The molecule has 0 heterocycles. The number of nitrogens with one attached hydrogen (secondary N) is 1. The number of carbonyl (C=O) groups excluding carboxylic acids is 2. The van der Waals surface area contributed by atoms with Crippen LogP contribution in [0.1, 0.15) is 39.7 Å². The first-order valence-electron chi connectivity index (χ1n) is 6.95. The van der Waals surface area contributed by atoms with Gasteiger partial charge < -0.3 is 10.1 Å². The van der Waals surface area contributed by atoms with Crippen molar-refractivity contribution < 1.29 is 18.7 Å². The highest BCUT2D eigenvalue weighted by Crippen LogP contribution is 2.21. The van der Waals surface area contributed by atoms with Gasteiger partial charge >= 0.3 is 6.09 Å². The second-order valence-electron chi connectivity index (χ2n) is 5.93. The highest BCUT2D eigenvalue weighted by atomic mass is 19.1. The van der Waals surface area contributed by atoms with Crippen molar-refractivity contribution in [3.05, 3.63) is 35.6 Å². The second-order valence-corrected chi connectivity index (χ2v) is 5.93. The van der Waals surface area contributed by atoms with Crippen molar-refractivity contribution >= 4 is 11.9 Å². The van der Waals surface area contributed by atoms with Gasteiger partial charge in [-0.25, -0.2) is 9.18 Å². The standard InChI is InChI=1S/C16H22FNO3/c1-5-13(19)14(16(2,3)4)18-15(20)21-10-11-8-6-7-9-12(11)17/h6-9,14H,5,10H2,1-4H3,(H,18,20). The second kappa shape index (κ2) is 7.20. The normalized spacial score (nSPS) is 12.6. The van der Waals surface area contributed by atoms with Gasteiger partial charge in [0, 0.05) is 12.0 Å². The Morgan fingerprint density at radius 3 is 2.43 bits per heavy atom. The third-order valence-electron chi connectivity index (χ3n) is 3.12. The SMILES string of the molecule is CCC(=O)C(NC(=O)OCc1ccccc1F)C(C)(C)C. The largest absolute Gasteiger partial charge is 0.445 e. The predicted molar refractivity (Wildman–Crippen MR) is 78.3 cm³/mol. The number of carbonyl (C=O) groups is 2. The summed E-state index contributed by atoms with van der Waals surface area (Å²) in [6.45, 7) is 7.16. The van der Waals surface area contributed by atoms with Gasteiger partial charge in [-0.3, -0.25) is 4.79 Å². The molecule has 0 aliphatic rings. The Hall–Kier alpha value is -1.91. The zero-order valence-corrected chi connectivity index (χ0v) is 12.9. The third-order valence-corrected chi connectivity index (χ3v) is 3.12. The molecule has 1 rings (SSSR count). The molecule has 1 N–H and O–H groups in total. The molecular weight excluding hydrogens is 273 g/mol. The van der Waals surface area contributed by atoms with E-state index in [-0.39, 0.29) is 12.4 Å². The Morgan fingerprint density at radius 2 is 1.90 bits per heavy atom. The van der Waals surface area contributed by atoms with Crippen molar-refractivity contribution in [3.63, 3.8) is 0 Å². The number of ketones is 1. The number of rotatable bonds is 5. The van der Waals surface area contributed by atoms with E-state index in [1.54, 1.807) is 25.1 Å². The molecular formula is C16H22FNO3. The summed E-state index contributed by atoms with van der Waals surface area (Å²) in [7, 11) is 0. The minimum absolute atomic E-state index is 0.0645. The maximum atomic E-state index is 13.4. The van der Waals surface area contributed by atoms with E-state index in [2.05, 4.69) is 5.32 Å². The summed E-state index contributed by atoms with van der Waals surface area (Å²) in [4.78, 5) is 23.7. The molecule has 0 spiro atoms. The molecule has 0 radical (unpaired) electrons. The fraction of sp³-hybridized carbons (Fsp3) is 0.500. The number of halogens is 1. The number of hydrogen-bond acceptors (Lipinski definition) is 3. The van der Waals surface area contributed by atoms with E-state index in [4.69, 9.17) is 4.74 Å². The summed E-state index contributed by atoms with van der Waals surface area (Å²) in [5, 5.41) is 2.56. The van der Waals surface area contributed by atoms with Crippen LogP contribution >= 0.6 is 0 Å². The van der Waals surface area contributed by atoms with Crippen LogP contribution in [0, 0.1) is 11.2 Å². The summed E-state index contributed by atoms with van der Waals surface area (Å²) >= 11 is 0. The van der Waals surface area contributed by atoms with Crippen LogP contribution in [-0.4, -0.2) is 17.9 Å². The summed E-state index contributed by atoms with van der Waals surface area (Å²) in [6.07, 6.45) is -0.393. The van der Waals surface area contributed by atoms with Crippen LogP contribution in [0.3, 0.4) is 0 Å². The number of amides is 1. The van der Waals surface area contributed by atoms with Crippen LogP contribution in [0.15, 0.2) is 24.3 Å². The number of alkyl carbamates (subject to hydrolysis) is 1. The lowest BCUT2D eigenvalue weighted by Gasteiger charge is -2.29. The number of ether oxygens (including phenoxy) is 1. The molecule has 1 amide bonds. The Labute approximate surface area is 124 Å². The highest BCUT2D eigenvalue weighted by molar-refractivity contribution is 5.87.